The van der Waals surface area contributed by atoms with E-state index in [-0.39, 0.29) is 24.4 Å². The lowest BCUT2D eigenvalue weighted by atomic mass is 9.61. The predicted molar refractivity (Wildman–Crippen MR) is 93.8 cm³/mol. The van der Waals surface area contributed by atoms with Crippen LogP contribution in [-0.4, -0.2) is 33.3 Å². The van der Waals surface area contributed by atoms with Gasteiger partial charge in [-0.3, -0.25) is 14.4 Å². The molecule has 0 saturated heterocycles. The highest BCUT2D eigenvalue weighted by Gasteiger charge is 2.52. The predicted octanol–water partition coefficient (Wildman–Crippen LogP) is 2.70. The number of ketones is 2. The Kier molecular flexibility index (Phi) is 5.19. The number of aliphatic hydroxyl groups is 1. The van der Waals surface area contributed by atoms with Crippen LogP contribution in [0.4, 0.5) is 0 Å². The van der Waals surface area contributed by atoms with Crippen molar-refractivity contribution in [1.82, 2.24) is 0 Å². The lowest BCUT2D eigenvalue weighted by molar-refractivity contribution is -0.141. The van der Waals surface area contributed by atoms with Gasteiger partial charge in [0, 0.05) is 24.2 Å². The zero-order valence-corrected chi connectivity index (χ0v) is 15.0. The number of fused-ring (bicyclic) bond motifs is 1. The van der Waals surface area contributed by atoms with E-state index in [2.05, 4.69) is 13.2 Å². The Hall–Kier alpha value is -2.01. The van der Waals surface area contributed by atoms with Crippen LogP contribution < -0.4 is 0 Å². The van der Waals surface area contributed by atoms with Gasteiger partial charge in [-0.1, -0.05) is 31.2 Å². The molecule has 136 valence electrons. The number of carbonyl (C=O) groups excluding carboxylic acids is 2. The standard InChI is InChI=1S/C20H26O5/c1-10(2)15-14(21)7-6-11(3)16-17(15)20(5,25)9-13(18(16)22)8-12(4)19(23)24/h9,12,15-17,25H,1,3,6-8H2,2,4-5H3,(H,23,24)/t12-,15-,16+,17+,20-/m0/s1. The number of carboxylic acids is 1. The summed E-state index contributed by atoms with van der Waals surface area (Å²) >= 11 is 0. The van der Waals surface area contributed by atoms with Crippen LogP contribution in [0.2, 0.25) is 0 Å². The Labute approximate surface area is 148 Å². The Morgan fingerprint density at radius 1 is 1.40 bits per heavy atom. The van der Waals surface area contributed by atoms with Gasteiger partial charge in [0.25, 0.3) is 0 Å². The van der Waals surface area contributed by atoms with Crippen LogP contribution in [0, 0.1) is 23.7 Å². The first-order valence-electron chi connectivity index (χ1n) is 8.54. The van der Waals surface area contributed by atoms with Crippen molar-refractivity contribution in [2.45, 2.75) is 45.6 Å². The third-order valence-corrected chi connectivity index (χ3v) is 5.42. The number of hydrogen-bond donors (Lipinski definition) is 2. The zero-order valence-electron chi connectivity index (χ0n) is 15.0. The third kappa shape index (κ3) is 3.52. The number of Topliss-reactive ketones (excluding diaryl/α,β-unsaturated/α-hetero) is 2. The fourth-order valence-corrected chi connectivity index (χ4v) is 4.14. The lowest BCUT2D eigenvalue weighted by Gasteiger charge is -2.44. The van der Waals surface area contributed by atoms with Gasteiger partial charge in [-0.25, -0.2) is 0 Å². The SMILES string of the molecule is C=C(C)[C@H]1C(=O)CCC(=C)[C@H]2C(=O)C(C[C@H](C)C(=O)O)=C[C@](C)(O)[C@H]12. The Morgan fingerprint density at radius 3 is 2.52 bits per heavy atom. The van der Waals surface area contributed by atoms with E-state index in [1.807, 2.05) is 0 Å². The first-order chi connectivity index (χ1) is 11.5. The van der Waals surface area contributed by atoms with Gasteiger partial charge in [0.1, 0.15) is 5.78 Å². The number of rotatable bonds is 4. The number of hydrogen-bond acceptors (Lipinski definition) is 4. The molecule has 0 bridgehead atoms. The molecule has 5 atom stereocenters. The number of carboxylic acid groups (broad SMARTS) is 1. The summed E-state index contributed by atoms with van der Waals surface area (Å²) in [5.74, 6) is -3.95. The summed E-state index contributed by atoms with van der Waals surface area (Å²) in [4.78, 5) is 36.8. The zero-order chi connectivity index (χ0) is 19.1. The third-order valence-electron chi connectivity index (χ3n) is 5.42. The van der Waals surface area contributed by atoms with Crippen LogP contribution in [-0.2, 0) is 14.4 Å². The molecular weight excluding hydrogens is 320 g/mol. The summed E-state index contributed by atoms with van der Waals surface area (Å²) < 4.78 is 0. The van der Waals surface area contributed by atoms with E-state index in [4.69, 9.17) is 5.11 Å². The van der Waals surface area contributed by atoms with Crippen molar-refractivity contribution in [1.29, 1.82) is 0 Å². The average molecular weight is 346 g/mol. The first kappa shape index (κ1) is 19.3. The van der Waals surface area contributed by atoms with E-state index in [0.717, 1.165) is 0 Å². The lowest BCUT2D eigenvalue weighted by Crippen LogP contribution is -2.50. The maximum Gasteiger partial charge on any atom is 0.306 e. The van der Waals surface area contributed by atoms with Crippen LogP contribution in [0.3, 0.4) is 0 Å². The minimum Gasteiger partial charge on any atom is -0.481 e. The molecule has 0 aromatic heterocycles. The Morgan fingerprint density at radius 2 is 2.00 bits per heavy atom. The van der Waals surface area contributed by atoms with Gasteiger partial charge in [0.15, 0.2) is 5.78 Å². The van der Waals surface area contributed by atoms with E-state index in [1.54, 1.807) is 13.8 Å². The molecule has 0 aromatic rings. The molecule has 0 aliphatic heterocycles. The first-order valence-corrected chi connectivity index (χ1v) is 8.54. The molecule has 25 heavy (non-hydrogen) atoms. The van der Waals surface area contributed by atoms with Crippen molar-refractivity contribution in [3.8, 4) is 0 Å². The van der Waals surface area contributed by atoms with Crippen molar-refractivity contribution in [2.75, 3.05) is 0 Å². The van der Waals surface area contributed by atoms with Gasteiger partial charge in [0.2, 0.25) is 0 Å². The highest BCUT2D eigenvalue weighted by Crippen LogP contribution is 2.48. The van der Waals surface area contributed by atoms with Crippen LogP contribution >= 0.6 is 0 Å². The second kappa shape index (κ2) is 6.71. The molecule has 5 heteroatoms. The van der Waals surface area contributed by atoms with Crippen molar-refractivity contribution >= 4 is 17.5 Å². The maximum atomic E-state index is 13.1. The molecule has 2 rings (SSSR count). The number of allylic oxidation sites excluding steroid dienone is 3. The highest BCUT2D eigenvalue weighted by molar-refractivity contribution is 6.02. The van der Waals surface area contributed by atoms with Crippen molar-refractivity contribution < 1.29 is 24.6 Å². The molecule has 0 unspecified atom stereocenters. The largest absolute Gasteiger partial charge is 0.481 e. The topological polar surface area (TPSA) is 91.7 Å². The fourth-order valence-electron chi connectivity index (χ4n) is 4.14. The van der Waals surface area contributed by atoms with Crippen molar-refractivity contribution in [2.24, 2.45) is 23.7 Å². The molecule has 0 heterocycles. The molecule has 1 saturated carbocycles. The van der Waals surface area contributed by atoms with Crippen LogP contribution in [0.1, 0.15) is 40.0 Å². The van der Waals surface area contributed by atoms with Gasteiger partial charge in [-0.05, 0) is 38.3 Å². The normalized spacial score (nSPS) is 34.0. The van der Waals surface area contributed by atoms with Crippen LogP contribution in [0.25, 0.3) is 0 Å². The summed E-state index contributed by atoms with van der Waals surface area (Å²) in [6, 6.07) is 0. The summed E-state index contributed by atoms with van der Waals surface area (Å²) in [7, 11) is 0. The maximum absolute atomic E-state index is 13.1. The van der Waals surface area contributed by atoms with E-state index in [9.17, 15) is 19.5 Å². The van der Waals surface area contributed by atoms with Gasteiger partial charge >= 0.3 is 5.97 Å². The van der Waals surface area contributed by atoms with Gasteiger partial charge in [-0.2, -0.15) is 0 Å². The molecule has 2 aliphatic carbocycles. The monoisotopic (exact) mass is 346 g/mol. The van der Waals surface area contributed by atoms with E-state index >= 15 is 0 Å². The van der Waals surface area contributed by atoms with Gasteiger partial charge in [0.05, 0.1) is 11.5 Å². The van der Waals surface area contributed by atoms with E-state index in [1.165, 1.54) is 13.0 Å². The summed E-state index contributed by atoms with van der Waals surface area (Å²) in [6.45, 7) is 12.7. The van der Waals surface area contributed by atoms with Crippen molar-refractivity contribution in [3.05, 3.63) is 36.0 Å². The number of carbonyl (C=O) groups is 3. The van der Waals surface area contributed by atoms with Crippen molar-refractivity contribution in [3.63, 3.8) is 0 Å². The van der Waals surface area contributed by atoms with Crippen LogP contribution in [0.5, 0.6) is 0 Å². The van der Waals surface area contributed by atoms with Gasteiger partial charge < -0.3 is 10.2 Å². The summed E-state index contributed by atoms with van der Waals surface area (Å²) in [5, 5.41) is 20.2. The van der Waals surface area contributed by atoms with E-state index < -0.39 is 35.2 Å². The molecule has 2 N–H and O–H groups in total. The highest BCUT2D eigenvalue weighted by atomic mass is 16.4. The minimum absolute atomic E-state index is 0.0371. The molecule has 1 fully saturated rings. The minimum atomic E-state index is -1.42. The quantitative estimate of drug-likeness (QED) is 0.764. The Balaban J connectivity index is 2.55. The summed E-state index contributed by atoms with van der Waals surface area (Å²) in [6.07, 6.45) is 2.16. The second-order valence-electron chi connectivity index (χ2n) is 7.66. The molecule has 0 amide bonds. The molecule has 5 nitrogen and oxygen atoms in total. The fraction of sp³-hybridized carbons (Fsp3) is 0.550. The molecule has 0 radical (unpaired) electrons. The Bertz CT molecular complexity index is 682. The number of aliphatic carboxylic acids is 1. The molecular formula is C20H26O5. The molecule has 0 spiro atoms. The molecule has 2 aliphatic rings. The second-order valence-corrected chi connectivity index (χ2v) is 7.66. The molecule has 0 aromatic carbocycles. The summed E-state index contributed by atoms with van der Waals surface area (Å²) in [5.41, 5.74) is 0.134. The average Bonchev–Trinajstić information content (AvgIpc) is 2.62. The van der Waals surface area contributed by atoms with E-state index in [0.29, 0.717) is 23.1 Å². The van der Waals surface area contributed by atoms with Crippen LogP contribution in [0.15, 0.2) is 36.0 Å². The smallest absolute Gasteiger partial charge is 0.306 e. The van der Waals surface area contributed by atoms with Gasteiger partial charge in [-0.15, -0.1) is 0 Å².